The molecule has 28 heavy (non-hydrogen) atoms. The lowest BCUT2D eigenvalue weighted by atomic mass is 10.1. The van der Waals surface area contributed by atoms with Crippen molar-refractivity contribution in [2.24, 2.45) is 5.92 Å². The van der Waals surface area contributed by atoms with Gasteiger partial charge in [0.25, 0.3) is 15.9 Å². The van der Waals surface area contributed by atoms with Crippen LogP contribution in [0, 0.1) is 5.92 Å². The van der Waals surface area contributed by atoms with Gasteiger partial charge < -0.3 is 9.64 Å². The second-order valence-corrected chi connectivity index (χ2v) is 8.76. The molecular weight excluding hydrogens is 376 g/mol. The summed E-state index contributed by atoms with van der Waals surface area (Å²) in [6, 6.07) is 13.0. The summed E-state index contributed by atoms with van der Waals surface area (Å²) in [5.41, 5.74) is 0.947. The lowest BCUT2D eigenvalue weighted by molar-refractivity contribution is 0.0727. The zero-order chi connectivity index (χ0) is 20.3. The highest BCUT2D eigenvalue weighted by atomic mass is 32.2. The second-order valence-electron chi connectivity index (χ2n) is 7.08. The summed E-state index contributed by atoms with van der Waals surface area (Å²) >= 11 is 0. The molecule has 2 aromatic rings. The Hall–Kier alpha value is -2.54. The van der Waals surface area contributed by atoms with Crippen molar-refractivity contribution < 1.29 is 17.9 Å². The van der Waals surface area contributed by atoms with Crippen molar-refractivity contribution in [1.82, 2.24) is 4.90 Å². The van der Waals surface area contributed by atoms with Gasteiger partial charge in [-0.05, 0) is 81.1 Å². The number of anilines is 1. The summed E-state index contributed by atoms with van der Waals surface area (Å²) in [4.78, 5) is 14.5. The number of hydrogen-bond donors (Lipinski definition) is 1. The van der Waals surface area contributed by atoms with E-state index >= 15 is 0 Å². The minimum absolute atomic E-state index is 0.0553. The Kier molecular flexibility index (Phi) is 5.93. The molecule has 1 aliphatic carbocycles. The number of nitrogens with one attached hydrogen (secondary N) is 1. The Morgan fingerprint density at radius 2 is 1.75 bits per heavy atom. The minimum atomic E-state index is -3.71. The van der Waals surface area contributed by atoms with Crippen molar-refractivity contribution in [2.75, 3.05) is 18.4 Å². The van der Waals surface area contributed by atoms with E-state index in [0.29, 0.717) is 29.5 Å². The summed E-state index contributed by atoms with van der Waals surface area (Å²) in [6.07, 6.45) is 2.34. The van der Waals surface area contributed by atoms with Crippen molar-refractivity contribution in [3.63, 3.8) is 0 Å². The lowest BCUT2D eigenvalue weighted by Gasteiger charge is -2.25. The first-order chi connectivity index (χ1) is 13.3. The topological polar surface area (TPSA) is 75.7 Å². The van der Waals surface area contributed by atoms with Gasteiger partial charge in [0.15, 0.2) is 0 Å². The molecule has 7 heteroatoms. The molecule has 0 aliphatic heterocycles. The van der Waals surface area contributed by atoms with Crippen molar-refractivity contribution in [1.29, 1.82) is 0 Å². The van der Waals surface area contributed by atoms with Crippen LogP contribution in [-0.2, 0) is 10.0 Å². The van der Waals surface area contributed by atoms with Crippen LogP contribution in [0.25, 0.3) is 0 Å². The molecule has 1 saturated carbocycles. The molecule has 1 unspecified atom stereocenters. The van der Waals surface area contributed by atoms with Gasteiger partial charge in [-0.1, -0.05) is 0 Å². The highest BCUT2D eigenvalue weighted by Gasteiger charge is 2.32. The fraction of sp³-hybridized carbons (Fsp3) is 0.381. The Bertz CT molecular complexity index is 920. The van der Waals surface area contributed by atoms with E-state index in [0.717, 1.165) is 0 Å². The normalized spacial score (nSPS) is 15.0. The van der Waals surface area contributed by atoms with E-state index in [9.17, 15) is 13.2 Å². The van der Waals surface area contributed by atoms with Gasteiger partial charge in [0.2, 0.25) is 0 Å². The van der Waals surface area contributed by atoms with Crippen LogP contribution in [-0.4, -0.2) is 38.9 Å². The maximum absolute atomic E-state index is 12.6. The fourth-order valence-electron chi connectivity index (χ4n) is 3.06. The smallest absolute Gasteiger partial charge is 0.261 e. The molecule has 1 atom stereocenters. The van der Waals surface area contributed by atoms with E-state index in [4.69, 9.17) is 4.74 Å². The minimum Gasteiger partial charge on any atom is -0.494 e. The molecule has 0 heterocycles. The first-order valence-electron chi connectivity index (χ1n) is 9.44. The van der Waals surface area contributed by atoms with Crippen LogP contribution >= 0.6 is 0 Å². The summed E-state index contributed by atoms with van der Waals surface area (Å²) in [7, 11) is -1.90. The van der Waals surface area contributed by atoms with Crippen LogP contribution in [0.2, 0.25) is 0 Å². The van der Waals surface area contributed by atoms with Gasteiger partial charge in [0.05, 0.1) is 11.5 Å². The van der Waals surface area contributed by atoms with Gasteiger partial charge in [-0.15, -0.1) is 0 Å². The highest BCUT2D eigenvalue weighted by molar-refractivity contribution is 7.92. The Morgan fingerprint density at radius 3 is 2.29 bits per heavy atom. The molecule has 0 saturated heterocycles. The van der Waals surface area contributed by atoms with E-state index in [1.54, 1.807) is 41.3 Å². The molecule has 0 bridgehead atoms. The van der Waals surface area contributed by atoms with Gasteiger partial charge in [-0.2, -0.15) is 0 Å². The molecular formula is C21H26N2O4S. The molecule has 6 nitrogen and oxygen atoms in total. The maximum Gasteiger partial charge on any atom is 0.261 e. The average molecular weight is 403 g/mol. The molecule has 1 N–H and O–H groups in total. The van der Waals surface area contributed by atoms with E-state index < -0.39 is 10.0 Å². The Labute approximate surface area is 166 Å². The van der Waals surface area contributed by atoms with E-state index in [-0.39, 0.29) is 16.8 Å². The van der Waals surface area contributed by atoms with Gasteiger partial charge in [-0.25, -0.2) is 8.42 Å². The van der Waals surface area contributed by atoms with Crippen LogP contribution in [0.3, 0.4) is 0 Å². The summed E-state index contributed by atoms with van der Waals surface area (Å²) < 4.78 is 33.0. The third-order valence-electron chi connectivity index (χ3n) is 5.06. The molecule has 0 spiro atoms. The molecule has 1 amide bonds. The number of benzene rings is 2. The van der Waals surface area contributed by atoms with Crippen LogP contribution in [0.1, 0.15) is 37.0 Å². The highest BCUT2D eigenvalue weighted by Crippen LogP contribution is 2.35. The maximum atomic E-state index is 12.6. The largest absolute Gasteiger partial charge is 0.494 e. The monoisotopic (exact) mass is 402 g/mol. The van der Waals surface area contributed by atoms with E-state index in [1.165, 1.54) is 25.0 Å². The SMILES string of the molecule is CCOc1ccc(S(=O)(=O)Nc2ccc(C(=O)N(C)C(C)C3CC3)cc2)cc1. The lowest BCUT2D eigenvalue weighted by Crippen LogP contribution is -2.36. The number of sulfonamides is 1. The van der Waals surface area contributed by atoms with Crippen LogP contribution in [0.5, 0.6) is 5.75 Å². The standard InChI is InChI=1S/C21H26N2O4S/c1-4-27-19-11-13-20(14-12-19)28(25,26)22-18-9-7-17(8-10-18)21(24)23(3)15(2)16-5-6-16/h7-16,22H,4-6H2,1-3H3. The summed E-state index contributed by atoms with van der Waals surface area (Å²) in [6.45, 7) is 4.45. The molecule has 1 fully saturated rings. The number of rotatable bonds is 8. The summed E-state index contributed by atoms with van der Waals surface area (Å²) in [5.74, 6) is 1.16. The predicted octanol–water partition coefficient (Wildman–Crippen LogP) is 3.76. The number of ether oxygens (including phenoxy) is 1. The van der Waals surface area contributed by atoms with Crippen LogP contribution in [0.15, 0.2) is 53.4 Å². The average Bonchev–Trinajstić information content (AvgIpc) is 3.52. The predicted molar refractivity (Wildman–Crippen MR) is 109 cm³/mol. The molecule has 3 rings (SSSR count). The first kappa shape index (κ1) is 20.2. The number of nitrogens with zero attached hydrogens (tertiary/aromatic N) is 1. The Morgan fingerprint density at radius 1 is 1.14 bits per heavy atom. The number of carbonyl (C=O) groups excluding carboxylic acids is 1. The van der Waals surface area contributed by atoms with Crippen LogP contribution < -0.4 is 9.46 Å². The number of carbonyl (C=O) groups is 1. The van der Waals surface area contributed by atoms with Crippen LogP contribution in [0.4, 0.5) is 5.69 Å². The summed E-state index contributed by atoms with van der Waals surface area (Å²) in [5, 5.41) is 0. The third kappa shape index (κ3) is 4.65. The van der Waals surface area contributed by atoms with E-state index in [2.05, 4.69) is 11.6 Å². The molecule has 150 valence electrons. The quantitative estimate of drug-likeness (QED) is 0.729. The van der Waals surface area contributed by atoms with E-state index in [1.807, 2.05) is 14.0 Å². The Balaban J connectivity index is 1.68. The van der Waals surface area contributed by atoms with Gasteiger partial charge in [0, 0.05) is 24.3 Å². The van der Waals surface area contributed by atoms with Crippen molar-refractivity contribution in [2.45, 2.75) is 37.6 Å². The molecule has 0 aromatic heterocycles. The third-order valence-corrected chi connectivity index (χ3v) is 6.46. The molecule has 2 aromatic carbocycles. The first-order valence-corrected chi connectivity index (χ1v) is 10.9. The zero-order valence-electron chi connectivity index (χ0n) is 16.4. The van der Waals surface area contributed by atoms with Gasteiger partial charge >= 0.3 is 0 Å². The molecule has 0 radical (unpaired) electrons. The second kappa shape index (κ2) is 8.22. The molecule has 1 aliphatic rings. The fourth-order valence-corrected chi connectivity index (χ4v) is 4.12. The number of amides is 1. The van der Waals surface area contributed by atoms with Crippen molar-refractivity contribution in [3.8, 4) is 5.75 Å². The van der Waals surface area contributed by atoms with Crippen molar-refractivity contribution in [3.05, 3.63) is 54.1 Å². The van der Waals surface area contributed by atoms with Gasteiger partial charge in [-0.3, -0.25) is 9.52 Å². The van der Waals surface area contributed by atoms with Gasteiger partial charge in [0.1, 0.15) is 5.75 Å². The van der Waals surface area contributed by atoms with Crippen molar-refractivity contribution >= 4 is 21.6 Å². The zero-order valence-corrected chi connectivity index (χ0v) is 17.2. The number of hydrogen-bond acceptors (Lipinski definition) is 4.